The lowest BCUT2D eigenvalue weighted by molar-refractivity contribution is -0.145. The first kappa shape index (κ1) is 16.9. The molecule has 3 fully saturated rings. The Labute approximate surface area is 149 Å². The van der Waals surface area contributed by atoms with Crippen LogP contribution in [0.15, 0.2) is 30.3 Å². The first-order chi connectivity index (χ1) is 12.3. The summed E-state index contributed by atoms with van der Waals surface area (Å²) in [5.41, 5.74) is 1.27. The smallest absolute Gasteiger partial charge is 0.251 e. The summed E-state index contributed by atoms with van der Waals surface area (Å²) in [5, 5.41) is 0. The van der Waals surface area contributed by atoms with Crippen LogP contribution in [0.2, 0.25) is 0 Å². The molecular formula is C20H28N2O3. The summed E-state index contributed by atoms with van der Waals surface area (Å²) in [7, 11) is 0. The molecule has 25 heavy (non-hydrogen) atoms. The van der Waals surface area contributed by atoms with Crippen LogP contribution in [0.5, 0.6) is 0 Å². The van der Waals surface area contributed by atoms with Gasteiger partial charge in [0.25, 0.3) is 5.91 Å². The maximum Gasteiger partial charge on any atom is 0.251 e. The molecule has 1 unspecified atom stereocenters. The Bertz CT molecular complexity index is 588. The van der Waals surface area contributed by atoms with E-state index in [1.165, 1.54) is 5.69 Å². The summed E-state index contributed by atoms with van der Waals surface area (Å²) in [5.74, 6) is 0.187. The summed E-state index contributed by atoms with van der Waals surface area (Å²) in [6, 6.07) is 10.5. The van der Waals surface area contributed by atoms with Crippen molar-refractivity contribution in [1.82, 2.24) is 4.90 Å². The number of piperidine rings is 1. The summed E-state index contributed by atoms with van der Waals surface area (Å²) in [6.45, 7) is 5.71. The van der Waals surface area contributed by atoms with Crippen LogP contribution in [0.3, 0.4) is 0 Å². The molecule has 5 heteroatoms. The second-order valence-corrected chi connectivity index (χ2v) is 7.67. The molecule has 3 aliphatic heterocycles. The number of anilines is 1. The van der Waals surface area contributed by atoms with Crippen LogP contribution < -0.4 is 4.90 Å². The topological polar surface area (TPSA) is 42.0 Å². The van der Waals surface area contributed by atoms with Crippen molar-refractivity contribution in [2.75, 3.05) is 50.9 Å². The van der Waals surface area contributed by atoms with Gasteiger partial charge in [-0.2, -0.15) is 0 Å². The van der Waals surface area contributed by atoms with E-state index in [1.807, 2.05) is 4.90 Å². The van der Waals surface area contributed by atoms with Gasteiger partial charge in [-0.05, 0) is 37.8 Å². The maximum absolute atomic E-state index is 12.8. The largest absolute Gasteiger partial charge is 0.379 e. The third-order valence-corrected chi connectivity index (χ3v) is 5.74. The molecule has 2 atom stereocenters. The molecule has 0 radical (unpaired) electrons. The Morgan fingerprint density at radius 2 is 1.96 bits per heavy atom. The van der Waals surface area contributed by atoms with Crippen molar-refractivity contribution in [2.24, 2.45) is 5.41 Å². The number of benzene rings is 1. The van der Waals surface area contributed by atoms with Crippen molar-refractivity contribution in [3.05, 3.63) is 30.3 Å². The molecule has 3 aliphatic rings. The monoisotopic (exact) mass is 344 g/mol. The second kappa shape index (κ2) is 7.34. The zero-order chi connectivity index (χ0) is 17.1. The van der Waals surface area contributed by atoms with Crippen LogP contribution in [0, 0.1) is 5.41 Å². The van der Waals surface area contributed by atoms with Gasteiger partial charge < -0.3 is 19.3 Å². The second-order valence-electron chi connectivity index (χ2n) is 7.67. The van der Waals surface area contributed by atoms with Crippen molar-refractivity contribution in [2.45, 2.75) is 31.8 Å². The van der Waals surface area contributed by atoms with E-state index in [0.717, 1.165) is 71.7 Å². The van der Waals surface area contributed by atoms with Crippen molar-refractivity contribution in [3.63, 3.8) is 0 Å². The fraction of sp³-hybridized carbons (Fsp3) is 0.650. The number of rotatable bonds is 2. The van der Waals surface area contributed by atoms with E-state index in [4.69, 9.17) is 9.47 Å². The molecule has 136 valence electrons. The SMILES string of the molecule is O=C([C@@H]1CCCO1)N1CCCC2(COCCN(c3ccccc3)C2)C1. The quantitative estimate of drug-likeness (QED) is 0.826. The zero-order valence-corrected chi connectivity index (χ0v) is 14.9. The van der Waals surface area contributed by atoms with Crippen LogP contribution >= 0.6 is 0 Å². The lowest BCUT2D eigenvalue weighted by atomic mass is 9.79. The lowest BCUT2D eigenvalue weighted by Crippen LogP contribution is -2.54. The molecule has 0 saturated carbocycles. The van der Waals surface area contributed by atoms with Gasteiger partial charge >= 0.3 is 0 Å². The van der Waals surface area contributed by atoms with Crippen LogP contribution in [-0.4, -0.2) is 62.9 Å². The Kier molecular flexibility index (Phi) is 4.95. The molecule has 5 nitrogen and oxygen atoms in total. The first-order valence-corrected chi connectivity index (χ1v) is 9.54. The molecule has 3 heterocycles. The molecular weight excluding hydrogens is 316 g/mol. The molecule has 4 rings (SSSR count). The Balaban J connectivity index is 1.49. The van der Waals surface area contributed by atoms with Gasteiger partial charge in [0.1, 0.15) is 6.10 Å². The Morgan fingerprint density at radius 1 is 1.08 bits per heavy atom. The van der Waals surface area contributed by atoms with Crippen LogP contribution in [0.25, 0.3) is 0 Å². The van der Waals surface area contributed by atoms with Gasteiger partial charge in [-0.1, -0.05) is 18.2 Å². The van der Waals surface area contributed by atoms with E-state index in [9.17, 15) is 4.79 Å². The van der Waals surface area contributed by atoms with Crippen LogP contribution in [0.4, 0.5) is 5.69 Å². The van der Waals surface area contributed by atoms with Gasteiger partial charge in [0, 0.05) is 43.9 Å². The van der Waals surface area contributed by atoms with Crippen LogP contribution in [-0.2, 0) is 14.3 Å². The predicted molar refractivity (Wildman–Crippen MR) is 96.7 cm³/mol. The highest BCUT2D eigenvalue weighted by atomic mass is 16.5. The zero-order valence-electron chi connectivity index (χ0n) is 14.9. The van der Waals surface area contributed by atoms with E-state index < -0.39 is 0 Å². The molecule has 3 saturated heterocycles. The fourth-order valence-electron chi connectivity index (χ4n) is 4.47. The summed E-state index contributed by atoms with van der Waals surface area (Å²) < 4.78 is 11.6. The molecule has 0 N–H and O–H groups in total. The number of carbonyl (C=O) groups is 1. The molecule has 0 aliphatic carbocycles. The number of hydrogen-bond donors (Lipinski definition) is 0. The van der Waals surface area contributed by atoms with Gasteiger partial charge in [-0.15, -0.1) is 0 Å². The maximum atomic E-state index is 12.8. The summed E-state index contributed by atoms with van der Waals surface area (Å²) in [4.78, 5) is 17.3. The number of amides is 1. The molecule has 1 spiro atoms. The van der Waals surface area contributed by atoms with Crippen molar-refractivity contribution >= 4 is 11.6 Å². The highest BCUT2D eigenvalue weighted by molar-refractivity contribution is 5.81. The van der Waals surface area contributed by atoms with Crippen LogP contribution in [0.1, 0.15) is 25.7 Å². The molecule has 0 bridgehead atoms. The predicted octanol–water partition coefficient (Wildman–Crippen LogP) is 2.31. The van der Waals surface area contributed by atoms with Gasteiger partial charge in [0.05, 0.1) is 13.2 Å². The Morgan fingerprint density at radius 3 is 2.76 bits per heavy atom. The van der Waals surface area contributed by atoms with E-state index >= 15 is 0 Å². The minimum atomic E-state index is -0.216. The van der Waals surface area contributed by atoms with E-state index in [1.54, 1.807) is 0 Å². The van der Waals surface area contributed by atoms with E-state index in [2.05, 4.69) is 35.2 Å². The lowest BCUT2D eigenvalue weighted by Gasteiger charge is -2.44. The average molecular weight is 344 g/mol. The number of para-hydroxylation sites is 1. The van der Waals surface area contributed by atoms with Gasteiger partial charge in [-0.25, -0.2) is 0 Å². The van der Waals surface area contributed by atoms with E-state index in [-0.39, 0.29) is 17.4 Å². The number of likely N-dealkylation sites (tertiary alicyclic amines) is 1. The Hall–Kier alpha value is -1.59. The summed E-state index contributed by atoms with van der Waals surface area (Å²) in [6.07, 6.45) is 3.82. The highest BCUT2D eigenvalue weighted by Crippen LogP contribution is 2.35. The number of nitrogens with zero attached hydrogens (tertiary/aromatic N) is 2. The molecule has 1 aromatic carbocycles. The third kappa shape index (κ3) is 3.67. The standard InChI is InChI=1S/C20H28N2O3/c23-19(18-8-4-12-25-18)22-10-5-9-20(15-22)14-21(11-13-24-16-20)17-6-2-1-3-7-17/h1-3,6-7,18H,4-5,8-16H2/t18-,20?/m0/s1. The molecule has 1 aromatic rings. The third-order valence-electron chi connectivity index (χ3n) is 5.74. The van der Waals surface area contributed by atoms with Gasteiger partial charge in [0.15, 0.2) is 0 Å². The molecule has 0 aromatic heterocycles. The highest BCUT2D eigenvalue weighted by Gasteiger charge is 2.42. The normalized spacial score (nSPS) is 30.5. The minimum Gasteiger partial charge on any atom is -0.379 e. The number of ether oxygens (including phenoxy) is 2. The number of carbonyl (C=O) groups excluding carboxylic acids is 1. The van der Waals surface area contributed by atoms with Crippen molar-refractivity contribution in [3.8, 4) is 0 Å². The van der Waals surface area contributed by atoms with E-state index in [0.29, 0.717) is 0 Å². The molecule has 1 amide bonds. The first-order valence-electron chi connectivity index (χ1n) is 9.54. The average Bonchev–Trinajstić information content (AvgIpc) is 3.12. The fourth-order valence-corrected chi connectivity index (χ4v) is 4.47. The summed E-state index contributed by atoms with van der Waals surface area (Å²) >= 11 is 0. The van der Waals surface area contributed by atoms with Gasteiger partial charge in [-0.3, -0.25) is 4.79 Å². The van der Waals surface area contributed by atoms with Gasteiger partial charge in [0.2, 0.25) is 0 Å². The van der Waals surface area contributed by atoms with Crippen molar-refractivity contribution in [1.29, 1.82) is 0 Å². The number of hydrogen-bond acceptors (Lipinski definition) is 4. The minimum absolute atomic E-state index is 0.0266. The van der Waals surface area contributed by atoms with Crippen molar-refractivity contribution < 1.29 is 14.3 Å².